The average molecular weight is 332 g/mol. The van der Waals surface area contributed by atoms with E-state index in [-0.39, 0.29) is 17.4 Å². The average Bonchev–Trinajstić information content (AvgIpc) is 3.20. The van der Waals surface area contributed by atoms with E-state index in [9.17, 15) is 4.79 Å². The molecule has 0 radical (unpaired) electrons. The number of carbonyl (C=O) groups is 1. The van der Waals surface area contributed by atoms with Crippen LogP contribution in [0.1, 0.15) is 38.3 Å². The van der Waals surface area contributed by atoms with Gasteiger partial charge in [0.2, 0.25) is 5.91 Å². The summed E-state index contributed by atoms with van der Waals surface area (Å²) in [5.74, 6) is 1.15. The highest BCUT2D eigenvalue weighted by atomic mass is 16.5. The van der Waals surface area contributed by atoms with E-state index in [0.717, 1.165) is 25.1 Å². The number of ether oxygens (including phenoxy) is 1. The molecular weight excluding hydrogens is 304 g/mol. The smallest absolute Gasteiger partial charge is 0.223 e. The van der Waals surface area contributed by atoms with Crippen molar-refractivity contribution in [3.63, 3.8) is 0 Å². The van der Waals surface area contributed by atoms with Gasteiger partial charge in [0, 0.05) is 68.7 Å². The first-order valence-corrected chi connectivity index (χ1v) is 8.99. The molecule has 5 atom stereocenters. The highest BCUT2D eigenvalue weighted by Gasteiger charge is 2.59. The highest BCUT2D eigenvalue weighted by Crippen LogP contribution is 2.52. The van der Waals surface area contributed by atoms with Gasteiger partial charge in [-0.2, -0.15) is 5.10 Å². The van der Waals surface area contributed by atoms with Crippen molar-refractivity contribution in [3.05, 3.63) is 18.0 Å². The van der Waals surface area contributed by atoms with Gasteiger partial charge in [-0.3, -0.25) is 9.48 Å². The molecule has 1 aromatic heterocycles. The van der Waals surface area contributed by atoms with Crippen molar-refractivity contribution in [1.82, 2.24) is 20.0 Å². The monoisotopic (exact) mass is 332 g/mol. The zero-order chi connectivity index (χ0) is 17.1. The van der Waals surface area contributed by atoms with Crippen LogP contribution in [0.4, 0.5) is 0 Å². The first kappa shape index (κ1) is 16.1. The van der Waals surface area contributed by atoms with Crippen LogP contribution in [0.25, 0.3) is 0 Å². The van der Waals surface area contributed by atoms with Crippen LogP contribution in [0.2, 0.25) is 0 Å². The number of rotatable bonds is 4. The number of likely N-dealkylation sites (tertiary alicyclic amines) is 1. The first-order valence-electron chi connectivity index (χ1n) is 8.99. The first-order chi connectivity index (χ1) is 11.4. The molecule has 0 aromatic carbocycles. The molecule has 24 heavy (non-hydrogen) atoms. The molecule has 6 heteroatoms. The van der Waals surface area contributed by atoms with E-state index in [4.69, 9.17) is 4.74 Å². The lowest BCUT2D eigenvalue weighted by Crippen LogP contribution is -2.66. The third-order valence-corrected chi connectivity index (χ3v) is 6.46. The second kappa shape index (κ2) is 5.56. The number of aromatic nitrogens is 2. The van der Waals surface area contributed by atoms with Crippen LogP contribution in [-0.4, -0.2) is 52.9 Å². The van der Waals surface area contributed by atoms with E-state index in [0.29, 0.717) is 30.4 Å². The fourth-order valence-electron chi connectivity index (χ4n) is 5.24. The van der Waals surface area contributed by atoms with Crippen molar-refractivity contribution in [2.24, 2.45) is 24.3 Å². The van der Waals surface area contributed by atoms with Gasteiger partial charge in [-0.15, -0.1) is 0 Å². The lowest BCUT2D eigenvalue weighted by Gasteiger charge is -2.55. The summed E-state index contributed by atoms with van der Waals surface area (Å²) >= 11 is 0. The SMILES string of the molecule is CN1C(=O)C[C@@H](CNC2C3CCOC3C2(C)C)[C@@H]1c1cnn(C)c1. The molecule has 1 saturated carbocycles. The summed E-state index contributed by atoms with van der Waals surface area (Å²) in [7, 11) is 3.83. The molecule has 2 aliphatic heterocycles. The van der Waals surface area contributed by atoms with Gasteiger partial charge in [-0.25, -0.2) is 0 Å². The molecule has 1 aromatic rings. The Hall–Kier alpha value is -1.40. The number of hydrogen-bond acceptors (Lipinski definition) is 4. The minimum atomic E-state index is 0.123. The zero-order valence-corrected chi connectivity index (χ0v) is 15.0. The topological polar surface area (TPSA) is 59.4 Å². The van der Waals surface area contributed by atoms with E-state index in [2.05, 4.69) is 24.3 Å². The maximum absolute atomic E-state index is 12.3. The quantitative estimate of drug-likeness (QED) is 0.904. The van der Waals surface area contributed by atoms with Gasteiger partial charge in [-0.1, -0.05) is 13.8 Å². The van der Waals surface area contributed by atoms with Crippen LogP contribution in [0.3, 0.4) is 0 Å². The van der Waals surface area contributed by atoms with Crippen molar-refractivity contribution < 1.29 is 9.53 Å². The van der Waals surface area contributed by atoms with Crippen molar-refractivity contribution in [2.75, 3.05) is 20.2 Å². The van der Waals surface area contributed by atoms with E-state index >= 15 is 0 Å². The molecule has 0 bridgehead atoms. The second-order valence-electron chi connectivity index (χ2n) is 8.31. The minimum Gasteiger partial charge on any atom is -0.377 e. The molecular formula is C18H28N4O2. The molecule has 0 spiro atoms. The predicted molar refractivity (Wildman–Crippen MR) is 90.2 cm³/mol. The molecule has 3 aliphatic rings. The summed E-state index contributed by atoms with van der Waals surface area (Å²) in [6, 6.07) is 0.609. The van der Waals surface area contributed by atoms with Crippen LogP contribution in [0.15, 0.2) is 12.4 Å². The zero-order valence-electron chi connectivity index (χ0n) is 15.0. The molecule has 6 nitrogen and oxygen atoms in total. The molecule has 1 N–H and O–H groups in total. The summed E-state index contributed by atoms with van der Waals surface area (Å²) in [6.07, 6.45) is 6.08. The van der Waals surface area contributed by atoms with E-state index in [1.165, 1.54) is 0 Å². The molecule has 3 heterocycles. The Morgan fingerprint density at radius 3 is 2.92 bits per heavy atom. The molecule has 3 fully saturated rings. The normalized spacial score (nSPS) is 37.6. The van der Waals surface area contributed by atoms with Gasteiger partial charge in [0.15, 0.2) is 0 Å². The number of nitrogens with zero attached hydrogens (tertiary/aromatic N) is 3. The standard InChI is InChI=1S/C18H28N4O2/c1-18(2)16(13-5-6-24-17(13)18)19-8-11-7-14(23)22(4)15(11)12-9-20-21(3)10-12/h9-11,13,15-17,19H,5-8H2,1-4H3/t11-,13?,15+,16?,17?/m0/s1. The van der Waals surface area contributed by atoms with Gasteiger partial charge in [0.1, 0.15) is 0 Å². The molecule has 1 aliphatic carbocycles. The van der Waals surface area contributed by atoms with Gasteiger partial charge < -0.3 is 15.0 Å². The highest BCUT2D eigenvalue weighted by molar-refractivity contribution is 5.79. The summed E-state index contributed by atoms with van der Waals surface area (Å²) in [4.78, 5) is 14.1. The number of aryl methyl sites for hydroxylation is 1. The van der Waals surface area contributed by atoms with Crippen LogP contribution in [0.5, 0.6) is 0 Å². The van der Waals surface area contributed by atoms with Gasteiger partial charge in [-0.05, 0) is 6.42 Å². The Balaban J connectivity index is 1.46. The summed E-state index contributed by atoms with van der Waals surface area (Å²) in [5, 5.41) is 8.07. The van der Waals surface area contributed by atoms with E-state index < -0.39 is 0 Å². The Bertz CT molecular complexity index is 641. The van der Waals surface area contributed by atoms with Crippen LogP contribution < -0.4 is 5.32 Å². The van der Waals surface area contributed by atoms with Gasteiger partial charge >= 0.3 is 0 Å². The second-order valence-corrected chi connectivity index (χ2v) is 8.31. The Morgan fingerprint density at radius 1 is 1.42 bits per heavy atom. The molecule has 1 amide bonds. The number of nitrogens with one attached hydrogen (secondary N) is 1. The molecule has 2 saturated heterocycles. The van der Waals surface area contributed by atoms with Gasteiger partial charge in [0.05, 0.1) is 18.3 Å². The number of hydrogen-bond donors (Lipinski definition) is 1. The molecule has 4 rings (SSSR count). The predicted octanol–water partition coefficient (Wildman–Crippen LogP) is 1.34. The van der Waals surface area contributed by atoms with Crippen molar-refractivity contribution in [2.45, 2.75) is 44.9 Å². The van der Waals surface area contributed by atoms with Crippen LogP contribution in [-0.2, 0) is 16.6 Å². The molecule has 3 unspecified atom stereocenters. The minimum absolute atomic E-state index is 0.123. The van der Waals surface area contributed by atoms with Crippen molar-refractivity contribution in [3.8, 4) is 0 Å². The number of fused-ring (bicyclic) bond motifs is 1. The van der Waals surface area contributed by atoms with Crippen LogP contribution >= 0.6 is 0 Å². The van der Waals surface area contributed by atoms with Gasteiger partial charge in [0.25, 0.3) is 0 Å². The maximum atomic E-state index is 12.3. The number of carbonyl (C=O) groups excluding carboxylic acids is 1. The summed E-state index contributed by atoms with van der Waals surface area (Å²) in [6.45, 7) is 6.34. The molecule has 132 valence electrons. The summed E-state index contributed by atoms with van der Waals surface area (Å²) < 4.78 is 7.69. The Morgan fingerprint density at radius 2 is 2.21 bits per heavy atom. The van der Waals surface area contributed by atoms with Crippen molar-refractivity contribution in [1.29, 1.82) is 0 Å². The van der Waals surface area contributed by atoms with Crippen LogP contribution in [0, 0.1) is 17.3 Å². The largest absolute Gasteiger partial charge is 0.377 e. The Kier molecular flexibility index (Phi) is 3.73. The number of amides is 1. The lowest BCUT2D eigenvalue weighted by atomic mass is 9.57. The third-order valence-electron chi connectivity index (χ3n) is 6.46. The maximum Gasteiger partial charge on any atom is 0.223 e. The fraction of sp³-hybridized carbons (Fsp3) is 0.778. The van der Waals surface area contributed by atoms with Crippen molar-refractivity contribution >= 4 is 5.91 Å². The lowest BCUT2D eigenvalue weighted by molar-refractivity contribution is -0.127. The van der Waals surface area contributed by atoms with E-state index in [1.807, 2.05) is 36.1 Å². The van der Waals surface area contributed by atoms with E-state index in [1.54, 1.807) is 0 Å². The Labute approximate surface area is 143 Å². The fourth-order valence-corrected chi connectivity index (χ4v) is 5.24. The summed E-state index contributed by atoms with van der Waals surface area (Å²) in [5.41, 5.74) is 1.31. The third kappa shape index (κ3) is 2.30.